The summed E-state index contributed by atoms with van der Waals surface area (Å²) >= 11 is 0. The van der Waals surface area contributed by atoms with Crippen LogP contribution >= 0.6 is 0 Å². The molecule has 1 aliphatic rings. The van der Waals surface area contributed by atoms with E-state index in [0.717, 1.165) is 5.56 Å². The number of likely N-dealkylation sites (N-methyl/N-ethyl adjacent to an activating group) is 1. The van der Waals surface area contributed by atoms with Crippen LogP contribution in [0.5, 0.6) is 5.75 Å². The van der Waals surface area contributed by atoms with Crippen molar-refractivity contribution in [2.75, 3.05) is 34.3 Å². The molecule has 0 bridgehead atoms. The van der Waals surface area contributed by atoms with Gasteiger partial charge in [0.15, 0.2) is 11.5 Å². The van der Waals surface area contributed by atoms with E-state index in [1.54, 1.807) is 24.1 Å². The standard InChI is InChI=1S/C20H28N2O4/c1-13(2)12-16(23)17-18(14-6-8-15(26-5)9-7-14)22(11-10-21(3)4)20(25)19(17)24/h6-9,13,18,24H,10-12H2,1-5H3. The number of hydrogen-bond acceptors (Lipinski definition) is 5. The van der Waals surface area contributed by atoms with Crippen molar-refractivity contribution in [2.24, 2.45) is 5.92 Å². The number of ketones is 1. The predicted octanol–water partition coefficient (Wildman–Crippen LogP) is 2.57. The van der Waals surface area contributed by atoms with Gasteiger partial charge in [-0.3, -0.25) is 9.59 Å². The summed E-state index contributed by atoms with van der Waals surface area (Å²) in [5, 5.41) is 10.4. The number of Topliss-reactive ketones (excluding diaryl/α,β-unsaturated/α-hetero) is 1. The van der Waals surface area contributed by atoms with Gasteiger partial charge in [0.1, 0.15) is 5.75 Å². The van der Waals surface area contributed by atoms with E-state index in [4.69, 9.17) is 4.74 Å². The molecule has 0 saturated carbocycles. The Kier molecular flexibility index (Phi) is 6.42. The third-order valence-electron chi connectivity index (χ3n) is 4.42. The van der Waals surface area contributed by atoms with E-state index < -0.39 is 17.7 Å². The van der Waals surface area contributed by atoms with E-state index in [2.05, 4.69) is 0 Å². The van der Waals surface area contributed by atoms with Crippen LogP contribution in [0.25, 0.3) is 0 Å². The molecule has 1 aromatic carbocycles. The Balaban J connectivity index is 2.44. The maximum absolute atomic E-state index is 12.8. The number of aliphatic hydroxyl groups excluding tert-OH is 1. The first-order chi connectivity index (χ1) is 12.3. The van der Waals surface area contributed by atoms with Crippen LogP contribution in [0.1, 0.15) is 31.9 Å². The Hall–Kier alpha value is -2.34. The second-order valence-electron chi connectivity index (χ2n) is 7.26. The van der Waals surface area contributed by atoms with E-state index >= 15 is 0 Å². The van der Waals surface area contributed by atoms with Crippen molar-refractivity contribution in [3.05, 3.63) is 41.2 Å². The molecule has 0 saturated heterocycles. The van der Waals surface area contributed by atoms with Crippen LogP contribution in [-0.4, -0.2) is 60.9 Å². The number of aliphatic hydroxyl groups is 1. The molecule has 6 heteroatoms. The van der Waals surface area contributed by atoms with Crippen LogP contribution in [0, 0.1) is 5.92 Å². The lowest BCUT2D eigenvalue weighted by Gasteiger charge is -2.28. The zero-order valence-electron chi connectivity index (χ0n) is 16.2. The van der Waals surface area contributed by atoms with Crippen molar-refractivity contribution in [1.29, 1.82) is 0 Å². The summed E-state index contributed by atoms with van der Waals surface area (Å²) < 4.78 is 5.19. The maximum atomic E-state index is 12.8. The van der Waals surface area contributed by atoms with Crippen LogP contribution in [0.15, 0.2) is 35.6 Å². The van der Waals surface area contributed by atoms with Crippen molar-refractivity contribution >= 4 is 11.7 Å². The van der Waals surface area contributed by atoms with E-state index in [1.165, 1.54) is 0 Å². The first-order valence-electron chi connectivity index (χ1n) is 8.82. The molecule has 6 nitrogen and oxygen atoms in total. The molecule has 0 radical (unpaired) electrons. The molecule has 26 heavy (non-hydrogen) atoms. The highest BCUT2D eigenvalue weighted by Gasteiger charge is 2.43. The number of carbonyl (C=O) groups is 2. The average Bonchev–Trinajstić information content (AvgIpc) is 2.83. The summed E-state index contributed by atoms with van der Waals surface area (Å²) in [5.74, 6) is -0.250. The smallest absolute Gasteiger partial charge is 0.290 e. The quantitative estimate of drug-likeness (QED) is 0.772. The molecule has 1 atom stereocenters. The fourth-order valence-corrected chi connectivity index (χ4v) is 3.09. The SMILES string of the molecule is COc1ccc(C2C(C(=O)CC(C)C)=C(O)C(=O)N2CCN(C)C)cc1. The predicted molar refractivity (Wildman–Crippen MR) is 100 cm³/mol. The number of benzene rings is 1. The average molecular weight is 360 g/mol. The highest BCUT2D eigenvalue weighted by atomic mass is 16.5. The monoisotopic (exact) mass is 360 g/mol. The van der Waals surface area contributed by atoms with Gasteiger partial charge in [0, 0.05) is 19.5 Å². The van der Waals surface area contributed by atoms with Gasteiger partial charge >= 0.3 is 0 Å². The molecule has 1 aromatic rings. The van der Waals surface area contributed by atoms with Gasteiger partial charge in [-0.2, -0.15) is 0 Å². The lowest BCUT2D eigenvalue weighted by atomic mass is 9.92. The van der Waals surface area contributed by atoms with Crippen LogP contribution in [0.2, 0.25) is 0 Å². The summed E-state index contributed by atoms with van der Waals surface area (Å²) in [6, 6.07) is 6.69. The molecular weight excluding hydrogens is 332 g/mol. The third-order valence-corrected chi connectivity index (χ3v) is 4.42. The van der Waals surface area contributed by atoms with Gasteiger partial charge in [0.25, 0.3) is 5.91 Å². The molecule has 0 aliphatic carbocycles. The van der Waals surface area contributed by atoms with Gasteiger partial charge in [-0.15, -0.1) is 0 Å². The fourth-order valence-electron chi connectivity index (χ4n) is 3.09. The van der Waals surface area contributed by atoms with E-state index in [0.29, 0.717) is 25.3 Å². The van der Waals surface area contributed by atoms with Crippen LogP contribution in [-0.2, 0) is 9.59 Å². The molecule has 1 amide bonds. The summed E-state index contributed by atoms with van der Waals surface area (Å²) in [6.45, 7) is 4.94. The summed E-state index contributed by atoms with van der Waals surface area (Å²) in [5.41, 5.74) is 0.988. The molecule has 0 aromatic heterocycles. The van der Waals surface area contributed by atoms with E-state index in [9.17, 15) is 14.7 Å². The van der Waals surface area contributed by atoms with E-state index in [1.807, 2.05) is 45.0 Å². The Bertz CT molecular complexity index is 692. The van der Waals surface area contributed by atoms with Gasteiger partial charge in [0.2, 0.25) is 0 Å². The summed E-state index contributed by atoms with van der Waals surface area (Å²) in [6.07, 6.45) is 0.293. The van der Waals surface area contributed by atoms with Gasteiger partial charge in [-0.25, -0.2) is 0 Å². The Morgan fingerprint density at radius 1 is 1.27 bits per heavy atom. The lowest BCUT2D eigenvalue weighted by Crippen LogP contribution is -2.36. The second kappa shape index (κ2) is 8.36. The normalized spacial score (nSPS) is 17.6. The van der Waals surface area contributed by atoms with Gasteiger partial charge in [0.05, 0.1) is 18.7 Å². The number of amides is 1. The number of ether oxygens (including phenoxy) is 1. The number of nitrogens with zero attached hydrogens (tertiary/aromatic N) is 2. The largest absolute Gasteiger partial charge is 0.503 e. The molecular formula is C20H28N2O4. The number of carbonyl (C=O) groups excluding carboxylic acids is 2. The molecule has 142 valence electrons. The molecule has 2 rings (SSSR count). The topological polar surface area (TPSA) is 70.1 Å². The van der Waals surface area contributed by atoms with Crippen molar-refractivity contribution in [3.8, 4) is 5.75 Å². The van der Waals surface area contributed by atoms with Crippen molar-refractivity contribution < 1.29 is 19.4 Å². The molecule has 0 fully saturated rings. The number of hydrogen-bond donors (Lipinski definition) is 1. The first kappa shape index (κ1) is 20.0. The minimum atomic E-state index is -0.570. The lowest BCUT2D eigenvalue weighted by molar-refractivity contribution is -0.129. The highest BCUT2D eigenvalue weighted by Crippen LogP contribution is 2.38. The third kappa shape index (κ3) is 4.25. The van der Waals surface area contributed by atoms with Gasteiger partial charge in [-0.05, 0) is 37.7 Å². The maximum Gasteiger partial charge on any atom is 0.290 e. The van der Waals surface area contributed by atoms with Crippen LogP contribution < -0.4 is 4.74 Å². The first-order valence-corrected chi connectivity index (χ1v) is 8.82. The van der Waals surface area contributed by atoms with Crippen LogP contribution in [0.4, 0.5) is 0 Å². The molecule has 1 N–H and O–H groups in total. The number of methoxy groups -OCH3 is 1. The highest BCUT2D eigenvalue weighted by molar-refractivity contribution is 6.09. The molecule has 1 unspecified atom stereocenters. The minimum Gasteiger partial charge on any atom is -0.503 e. The van der Waals surface area contributed by atoms with Crippen molar-refractivity contribution in [2.45, 2.75) is 26.3 Å². The Morgan fingerprint density at radius 2 is 1.88 bits per heavy atom. The molecule has 1 aliphatic heterocycles. The Morgan fingerprint density at radius 3 is 2.38 bits per heavy atom. The van der Waals surface area contributed by atoms with E-state index in [-0.39, 0.29) is 17.3 Å². The molecule has 0 spiro atoms. The summed E-state index contributed by atoms with van der Waals surface area (Å²) in [7, 11) is 5.42. The second-order valence-corrected chi connectivity index (χ2v) is 7.26. The van der Waals surface area contributed by atoms with Crippen LogP contribution in [0.3, 0.4) is 0 Å². The number of rotatable bonds is 8. The minimum absolute atomic E-state index is 0.144. The molecule has 1 heterocycles. The fraction of sp³-hybridized carbons (Fsp3) is 0.500. The zero-order chi connectivity index (χ0) is 19.4. The van der Waals surface area contributed by atoms with Gasteiger partial charge < -0.3 is 19.6 Å². The zero-order valence-corrected chi connectivity index (χ0v) is 16.2. The summed E-state index contributed by atoms with van der Waals surface area (Å²) in [4.78, 5) is 29.0. The van der Waals surface area contributed by atoms with Gasteiger partial charge in [-0.1, -0.05) is 26.0 Å². The van der Waals surface area contributed by atoms with Crippen molar-refractivity contribution in [1.82, 2.24) is 9.80 Å². The van der Waals surface area contributed by atoms with Crippen molar-refractivity contribution in [3.63, 3.8) is 0 Å². The Labute approximate surface area is 155 Å².